The maximum Gasteiger partial charge on any atom is 0.243 e. The lowest BCUT2D eigenvalue weighted by atomic mass is 9.78. The third kappa shape index (κ3) is 4.05. The van der Waals surface area contributed by atoms with E-state index in [0.29, 0.717) is 29.1 Å². The van der Waals surface area contributed by atoms with Gasteiger partial charge in [-0.05, 0) is 54.8 Å². The van der Waals surface area contributed by atoms with Gasteiger partial charge in [0.2, 0.25) is 11.8 Å². The Balaban J connectivity index is 1.65. The van der Waals surface area contributed by atoms with Crippen molar-refractivity contribution < 1.29 is 14.0 Å². The summed E-state index contributed by atoms with van der Waals surface area (Å²) in [5.41, 5.74) is 0.516. The molecule has 1 aliphatic carbocycles. The van der Waals surface area contributed by atoms with Crippen LogP contribution in [-0.2, 0) is 15.0 Å². The summed E-state index contributed by atoms with van der Waals surface area (Å²) in [6, 6.07) is 12.9. The average Bonchev–Trinajstić information content (AvgIpc) is 3.13. The fourth-order valence-corrected chi connectivity index (χ4v) is 3.61. The Labute approximate surface area is 156 Å². The highest BCUT2D eigenvalue weighted by Crippen LogP contribution is 2.41. The summed E-state index contributed by atoms with van der Waals surface area (Å²) in [6.07, 6.45) is 3.12. The lowest BCUT2D eigenvalue weighted by Crippen LogP contribution is -2.45. The lowest BCUT2D eigenvalue weighted by molar-refractivity contribution is -0.128. The third-order valence-corrected chi connectivity index (χ3v) is 5.06. The second kappa shape index (κ2) is 7.87. The summed E-state index contributed by atoms with van der Waals surface area (Å²) >= 11 is 5.81. The van der Waals surface area contributed by atoms with Crippen molar-refractivity contribution in [3.8, 4) is 0 Å². The van der Waals surface area contributed by atoms with Crippen LogP contribution in [0.3, 0.4) is 0 Å². The summed E-state index contributed by atoms with van der Waals surface area (Å²) in [4.78, 5) is 24.9. The van der Waals surface area contributed by atoms with Gasteiger partial charge in [0.15, 0.2) is 0 Å². The summed E-state index contributed by atoms with van der Waals surface area (Å²) in [5, 5.41) is 6.00. The standard InChI is InChI=1S/C20H20ClFN2O2/c21-15-6-8-17(9-7-15)24-18(25)13-23-19(26)20(10-1-2-11-20)14-4-3-5-16(22)12-14/h3-9,12H,1-2,10-11,13H2,(H,23,26)(H,24,25). The van der Waals surface area contributed by atoms with Gasteiger partial charge in [-0.15, -0.1) is 0 Å². The molecule has 0 atom stereocenters. The number of benzene rings is 2. The average molecular weight is 375 g/mol. The van der Waals surface area contributed by atoms with Gasteiger partial charge in [0.05, 0.1) is 12.0 Å². The number of amides is 2. The highest BCUT2D eigenvalue weighted by atomic mass is 35.5. The number of halogens is 2. The molecule has 4 nitrogen and oxygen atoms in total. The first kappa shape index (κ1) is 18.4. The van der Waals surface area contributed by atoms with Gasteiger partial charge in [-0.25, -0.2) is 4.39 Å². The van der Waals surface area contributed by atoms with E-state index in [-0.39, 0.29) is 24.2 Å². The normalized spacial score (nSPS) is 15.5. The van der Waals surface area contributed by atoms with E-state index in [9.17, 15) is 14.0 Å². The van der Waals surface area contributed by atoms with E-state index < -0.39 is 5.41 Å². The Morgan fingerprint density at radius 3 is 2.42 bits per heavy atom. The van der Waals surface area contributed by atoms with Crippen molar-refractivity contribution in [2.45, 2.75) is 31.1 Å². The SMILES string of the molecule is O=C(CNC(=O)C1(c2cccc(F)c2)CCCC1)Nc1ccc(Cl)cc1. The summed E-state index contributed by atoms with van der Waals surface area (Å²) in [7, 11) is 0. The van der Waals surface area contributed by atoms with Crippen LogP contribution in [0.5, 0.6) is 0 Å². The maximum absolute atomic E-state index is 13.6. The Morgan fingerprint density at radius 2 is 1.77 bits per heavy atom. The number of nitrogens with one attached hydrogen (secondary N) is 2. The fraction of sp³-hybridized carbons (Fsp3) is 0.300. The quantitative estimate of drug-likeness (QED) is 0.829. The fourth-order valence-electron chi connectivity index (χ4n) is 3.48. The molecule has 1 aliphatic rings. The van der Waals surface area contributed by atoms with Crippen molar-refractivity contribution in [2.24, 2.45) is 0 Å². The van der Waals surface area contributed by atoms with E-state index >= 15 is 0 Å². The van der Waals surface area contributed by atoms with Crippen LogP contribution in [0.1, 0.15) is 31.2 Å². The molecule has 3 rings (SSSR count). The largest absolute Gasteiger partial charge is 0.346 e. The van der Waals surface area contributed by atoms with Crippen molar-refractivity contribution in [2.75, 3.05) is 11.9 Å². The van der Waals surface area contributed by atoms with Gasteiger partial charge in [0.25, 0.3) is 0 Å². The number of rotatable bonds is 5. The number of anilines is 1. The summed E-state index contributed by atoms with van der Waals surface area (Å²) in [6.45, 7) is -0.140. The molecule has 0 spiro atoms. The van der Waals surface area contributed by atoms with Crippen molar-refractivity contribution in [1.29, 1.82) is 0 Å². The van der Waals surface area contributed by atoms with Crippen LogP contribution in [0.4, 0.5) is 10.1 Å². The summed E-state index contributed by atoms with van der Waals surface area (Å²) in [5.74, 6) is -0.915. The van der Waals surface area contributed by atoms with Gasteiger partial charge in [-0.3, -0.25) is 9.59 Å². The predicted octanol–water partition coefficient (Wildman–Crippen LogP) is 4.05. The molecule has 2 N–H and O–H groups in total. The lowest BCUT2D eigenvalue weighted by Gasteiger charge is -2.28. The molecule has 2 aromatic carbocycles. The Morgan fingerprint density at radius 1 is 1.08 bits per heavy atom. The number of carbonyl (C=O) groups excluding carboxylic acids is 2. The molecule has 6 heteroatoms. The highest BCUT2D eigenvalue weighted by Gasteiger charge is 2.42. The molecule has 0 saturated heterocycles. The van der Waals surface area contributed by atoms with Crippen molar-refractivity contribution in [3.63, 3.8) is 0 Å². The van der Waals surface area contributed by atoms with Gasteiger partial charge in [0, 0.05) is 10.7 Å². The van der Waals surface area contributed by atoms with Gasteiger partial charge < -0.3 is 10.6 Å². The predicted molar refractivity (Wildman–Crippen MR) is 99.6 cm³/mol. The van der Waals surface area contributed by atoms with Gasteiger partial charge >= 0.3 is 0 Å². The molecular weight excluding hydrogens is 355 g/mol. The van der Waals surface area contributed by atoms with Crippen molar-refractivity contribution in [1.82, 2.24) is 5.32 Å². The molecular formula is C20H20ClFN2O2. The van der Waals surface area contributed by atoms with Crippen LogP contribution in [0.15, 0.2) is 48.5 Å². The first-order valence-corrected chi connectivity index (χ1v) is 8.97. The van der Waals surface area contributed by atoms with E-state index in [1.807, 2.05) is 0 Å². The second-order valence-corrected chi connectivity index (χ2v) is 6.97. The molecule has 0 heterocycles. The van der Waals surface area contributed by atoms with E-state index in [1.54, 1.807) is 36.4 Å². The molecule has 0 unspecified atom stereocenters. The minimum atomic E-state index is -0.761. The Hall–Kier alpha value is -2.40. The van der Waals surface area contributed by atoms with Crippen LogP contribution < -0.4 is 10.6 Å². The van der Waals surface area contributed by atoms with E-state index in [2.05, 4.69) is 10.6 Å². The zero-order valence-electron chi connectivity index (χ0n) is 14.2. The second-order valence-electron chi connectivity index (χ2n) is 6.54. The molecule has 0 aromatic heterocycles. The molecule has 2 amide bonds. The Kier molecular flexibility index (Phi) is 5.57. The first-order valence-electron chi connectivity index (χ1n) is 8.59. The molecule has 26 heavy (non-hydrogen) atoms. The van der Waals surface area contributed by atoms with Crippen LogP contribution in [-0.4, -0.2) is 18.4 Å². The van der Waals surface area contributed by atoms with Crippen LogP contribution in [0.2, 0.25) is 5.02 Å². The molecule has 0 aliphatic heterocycles. The minimum absolute atomic E-state index is 0.140. The van der Waals surface area contributed by atoms with E-state index in [0.717, 1.165) is 12.8 Å². The smallest absolute Gasteiger partial charge is 0.243 e. The highest BCUT2D eigenvalue weighted by molar-refractivity contribution is 6.30. The summed E-state index contributed by atoms with van der Waals surface area (Å²) < 4.78 is 13.6. The zero-order chi connectivity index (χ0) is 18.6. The molecule has 0 radical (unpaired) electrons. The maximum atomic E-state index is 13.6. The van der Waals surface area contributed by atoms with Crippen molar-refractivity contribution >= 4 is 29.1 Å². The van der Waals surface area contributed by atoms with Gasteiger partial charge in [-0.2, -0.15) is 0 Å². The van der Waals surface area contributed by atoms with Gasteiger partial charge in [-0.1, -0.05) is 36.6 Å². The monoisotopic (exact) mass is 374 g/mol. The number of carbonyl (C=O) groups is 2. The molecule has 136 valence electrons. The molecule has 0 bridgehead atoms. The van der Waals surface area contributed by atoms with Gasteiger partial charge in [0.1, 0.15) is 5.82 Å². The van der Waals surface area contributed by atoms with E-state index in [4.69, 9.17) is 11.6 Å². The Bertz CT molecular complexity index is 802. The number of hydrogen-bond donors (Lipinski definition) is 2. The minimum Gasteiger partial charge on any atom is -0.346 e. The zero-order valence-corrected chi connectivity index (χ0v) is 15.0. The van der Waals surface area contributed by atoms with Crippen LogP contribution in [0.25, 0.3) is 0 Å². The van der Waals surface area contributed by atoms with Crippen LogP contribution >= 0.6 is 11.6 Å². The van der Waals surface area contributed by atoms with Crippen molar-refractivity contribution in [3.05, 3.63) is 64.9 Å². The first-order chi connectivity index (χ1) is 12.5. The molecule has 2 aromatic rings. The number of hydrogen-bond acceptors (Lipinski definition) is 2. The molecule has 1 saturated carbocycles. The topological polar surface area (TPSA) is 58.2 Å². The van der Waals surface area contributed by atoms with Crippen LogP contribution in [0, 0.1) is 5.82 Å². The van der Waals surface area contributed by atoms with E-state index in [1.165, 1.54) is 12.1 Å². The third-order valence-electron chi connectivity index (χ3n) is 4.81. The molecule has 1 fully saturated rings.